The van der Waals surface area contributed by atoms with E-state index in [2.05, 4.69) is 15.0 Å². The number of carbonyl (C=O) groups excluding carboxylic acids is 1. The quantitative estimate of drug-likeness (QED) is 0.792. The van der Waals surface area contributed by atoms with Crippen LogP contribution in [-0.4, -0.2) is 69.2 Å². The molecule has 1 atom stereocenters. The lowest BCUT2D eigenvalue weighted by Gasteiger charge is -2.38. The Labute approximate surface area is 168 Å². The van der Waals surface area contributed by atoms with E-state index in [0.717, 1.165) is 37.2 Å². The SMILES string of the molecule is COC1CN(C(=O)c2cnn3c2N=C(N2CCC[C@@H]2c2cncc(F)c2)CC3)C1. The fraction of sp³-hybridized carbons (Fsp3) is 0.500. The molecule has 5 rings (SSSR count). The lowest BCUT2D eigenvalue weighted by Crippen LogP contribution is -2.54. The number of nitrogens with zero attached hydrogens (tertiary/aromatic N) is 6. The van der Waals surface area contributed by atoms with E-state index in [1.807, 2.05) is 0 Å². The van der Waals surface area contributed by atoms with Crippen LogP contribution in [0.1, 0.15) is 41.2 Å². The Balaban J connectivity index is 1.41. The molecule has 2 aromatic heterocycles. The lowest BCUT2D eigenvalue weighted by atomic mass is 10.1. The van der Waals surface area contributed by atoms with E-state index in [1.165, 1.54) is 6.20 Å². The monoisotopic (exact) mass is 398 g/mol. The highest BCUT2D eigenvalue weighted by Crippen LogP contribution is 2.35. The Morgan fingerprint density at radius 3 is 2.90 bits per heavy atom. The first kappa shape index (κ1) is 18.2. The van der Waals surface area contributed by atoms with Crippen LogP contribution in [0, 0.1) is 5.82 Å². The number of hydrogen-bond acceptors (Lipinski definition) is 6. The molecule has 29 heavy (non-hydrogen) atoms. The highest BCUT2D eigenvalue weighted by Gasteiger charge is 2.35. The molecule has 2 aromatic rings. The van der Waals surface area contributed by atoms with Crippen LogP contribution in [0.25, 0.3) is 0 Å². The van der Waals surface area contributed by atoms with Crippen LogP contribution in [0.4, 0.5) is 10.2 Å². The molecule has 1 amide bonds. The molecule has 0 radical (unpaired) electrons. The number of aromatic nitrogens is 3. The number of likely N-dealkylation sites (tertiary alicyclic amines) is 2. The summed E-state index contributed by atoms with van der Waals surface area (Å²) in [5.74, 6) is 1.16. The molecule has 0 unspecified atom stereocenters. The first-order chi connectivity index (χ1) is 14.1. The highest BCUT2D eigenvalue weighted by atomic mass is 19.1. The minimum absolute atomic E-state index is 0.0585. The van der Waals surface area contributed by atoms with Crippen molar-refractivity contribution in [2.24, 2.45) is 4.99 Å². The molecule has 0 aliphatic carbocycles. The van der Waals surface area contributed by atoms with Crippen molar-refractivity contribution in [2.75, 3.05) is 26.7 Å². The maximum atomic E-state index is 13.7. The zero-order valence-electron chi connectivity index (χ0n) is 16.3. The molecular formula is C20H23FN6O2. The van der Waals surface area contributed by atoms with E-state index >= 15 is 0 Å². The number of amidine groups is 1. The number of fused-ring (bicyclic) bond motifs is 1. The topological polar surface area (TPSA) is 75.8 Å². The highest BCUT2D eigenvalue weighted by molar-refractivity contribution is 6.00. The van der Waals surface area contributed by atoms with E-state index in [0.29, 0.717) is 31.0 Å². The summed E-state index contributed by atoms with van der Waals surface area (Å²) < 4.78 is 20.7. The molecule has 5 heterocycles. The second-order valence-corrected chi connectivity index (χ2v) is 7.74. The van der Waals surface area contributed by atoms with Gasteiger partial charge in [-0.3, -0.25) is 9.78 Å². The van der Waals surface area contributed by atoms with Crippen LogP contribution in [0.5, 0.6) is 0 Å². The predicted octanol–water partition coefficient (Wildman–Crippen LogP) is 2.16. The summed E-state index contributed by atoms with van der Waals surface area (Å²) in [5.41, 5.74) is 1.40. The summed E-state index contributed by atoms with van der Waals surface area (Å²) in [6.07, 6.45) is 7.35. The fourth-order valence-corrected chi connectivity index (χ4v) is 4.36. The number of ether oxygens (including phenoxy) is 1. The Morgan fingerprint density at radius 2 is 2.10 bits per heavy atom. The van der Waals surface area contributed by atoms with Crippen molar-refractivity contribution in [2.45, 2.75) is 38.0 Å². The van der Waals surface area contributed by atoms with Crippen molar-refractivity contribution in [3.8, 4) is 0 Å². The number of aliphatic imine (C=N–C) groups is 1. The maximum Gasteiger partial charge on any atom is 0.259 e. The van der Waals surface area contributed by atoms with Crippen molar-refractivity contribution in [3.63, 3.8) is 0 Å². The van der Waals surface area contributed by atoms with Crippen molar-refractivity contribution >= 4 is 17.6 Å². The van der Waals surface area contributed by atoms with Crippen LogP contribution in [-0.2, 0) is 11.3 Å². The number of pyridine rings is 1. The van der Waals surface area contributed by atoms with Gasteiger partial charge in [-0.1, -0.05) is 0 Å². The number of hydrogen-bond donors (Lipinski definition) is 0. The second-order valence-electron chi connectivity index (χ2n) is 7.74. The first-order valence-electron chi connectivity index (χ1n) is 9.96. The molecular weight excluding hydrogens is 375 g/mol. The van der Waals surface area contributed by atoms with Crippen LogP contribution < -0.4 is 0 Å². The average molecular weight is 398 g/mol. The molecule has 3 aliphatic rings. The average Bonchev–Trinajstić information content (AvgIpc) is 3.33. The number of halogens is 1. The summed E-state index contributed by atoms with van der Waals surface area (Å²) in [5, 5.41) is 4.36. The van der Waals surface area contributed by atoms with E-state index in [1.54, 1.807) is 35.2 Å². The molecule has 0 spiro atoms. The van der Waals surface area contributed by atoms with Gasteiger partial charge in [-0.15, -0.1) is 0 Å². The maximum absolute atomic E-state index is 13.7. The van der Waals surface area contributed by atoms with E-state index in [-0.39, 0.29) is 23.9 Å². The molecule has 2 saturated heterocycles. The second kappa shape index (κ2) is 7.22. The van der Waals surface area contributed by atoms with Crippen LogP contribution in [0.2, 0.25) is 0 Å². The Hall–Kier alpha value is -2.81. The minimum Gasteiger partial charge on any atom is -0.378 e. The molecule has 9 heteroatoms. The summed E-state index contributed by atoms with van der Waals surface area (Å²) in [6, 6.07) is 1.61. The number of rotatable bonds is 3. The van der Waals surface area contributed by atoms with Crippen molar-refractivity contribution in [1.82, 2.24) is 24.6 Å². The number of amides is 1. The number of methoxy groups -OCH3 is 1. The van der Waals surface area contributed by atoms with E-state index in [9.17, 15) is 9.18 Å². The number of carbonyl (C=O) groups is 1. The van der Waals surface area contributed by atoms with Gasteiger partial charge in [-0.2, -0.15) is 5.10 Å². The molecule has 2 fully saturated rings. The Kier molecular flexibility index (Phi) is 4.54. The summed E-state index contributed by atoms with van der Waals surface area (Å²) in [4.78, 5) is 25.7. The third kappa shape index (κ3) is 3.19. The molecule has 3 aliphatic heterocycles. The zero-order valence-corrected chi connectivity index (χ0v) is 16.3. The van der Waals surface area contributed by atoms with Crippen LogP contribution in [0.3, 0.4) is 0 Å². The Bertz CT molecular complexity index is 968. The van der Waals surface area contributed by atoms with Crippen LogP contribution in [0.15, 0.2) is 29.6 Å². The number of aryl methyl sites for hydroxylation is 1. The Morgan fingerprint density at radius 1 is 1.24 bits per heavy atom. The van der Waals surface area contributed by atoms with Gasteiger partial charge in [-0.05, 0) is 24.5 Å². The molecule has 152 valence electrons. The third-order valence-corrected chi connectivity index (χ3v) is 5.99. The third-order valence-electron chi connectivity index (χ3n) is 5.99. The zero-order chi connectivity index (χ0) is 20.0. The molecule has 8 nitrogen and oxygen atoms in total. The van der Waals surface area contributed by atoms with Gasteiger partial charge in [0.15, 0.2) is 5.82 Å². The van der Waals surface area contributed by atoms with Gasteiger partial charge in [0.25, 0.3) is 5.91 Å². The van der Waals surface area contributed by atoms with Gasteiger partial charge in [0.05, 0.1) is 31.1 Å². The molecule has 0 aromatic carbocycles. The minimum atomic E-state index is -0.324. The lowest BCUT2D eigenvalue weighted by molar-refractivity contribution is -0.0191. The van der Waals surface area contributed by atoms with E-state index in [4.69, 9.17) is 9.73 Å². The molecule has 0 N–H and O–H groups in total. The summed E-state index contributed by atoms with van der Waals surface area (Å²) in [6.45, 7) is 2.72. The smallest absolute Gasteiger partial charge is 0.259 e. The fourth-order valence-electron chi connectivity index (χ4n) is 4.36. The predicted molar refractivity (Wildman–Crippen MR) is 104 cm³/mol. The summed E-state index contributed by atoms with van der Waals surface area (Å²) >= 11 is 0. The standard InChI is InChI=1S/C20H23FN6O2/c1-29-15-11-25(12-15)20(28)16-10-23-27-6-4-18(24-19(16)27)26-5-2-3-17(26)13-7-14(21)9-22-8-13/h7-10,15,17H,2-6,11-12H2,1H3/t17-/m1/s1. The van der Waals surface area contributed by atoms with Gasteiger partial charge in [-0.25, -0.2) is 14.1 Å². The van der Waals surface area contributed by atoms with Gasteiger partial charge < -0.3 is 14.5 Å². The van der Waals surface area contributed by atoms with Crippen molar-refractivity contribution < 1.29 is 13.9 Å². The van der Waals surface area contributed by atoms with E-state index < -0.39 is 0 Å². The molecule has 0 bridgehead atoms. The van der Waals surface area contributed by atoms with Crippen LogP contribution >= 0.6 is 0 Å². The van der Waals surface area contributed by atoms with Crippen molar-refractivity contribution in [1.29, 1.82) is 0 Å². The molecule has 0 saturated carbocycles. The normalized spacial score (nSPS) is 21.7. The first-order valence-corrected chi connectivity index (χ1v) is 9.96. The van der Waals surface area contributed by atoms with Gasteiger partial charge >= 0.3 is 0 Å². The van der Waals surface area contributed by atoms with Gasteiger partial charge in [0.2, 0.25) is 0 Å². The van der Waals surface area contributed by atoms with Gasteiger partial charge in [0.1, 0.15) is 17.2 Å². The largest absolute Gasteiger partial charge is 0.378 e. The van der Waals surface area contributed by atoms with Crippen molar-refractivity contribution in [3.05, 3.63) is 41.6 Å². The van der Waals surface area contributed by atoms with Gasteiger partial charge in [0, 0.05) is 39.4 Å². The summed E-state index contributed by atoms with van der Waals surface area (Å²) in [7, 11) is 1.66.